The summed E-state index contributed by atoms with van der Waals surface area (Å²) in [5.74, 6) is -0.623. The molecule has 2 aliphatic rings. The van der Waals surface area contributed by atoms with E-state index in [0.29, 0.717) is 22.6 Å². The number of alkyl halides is 3. The number of rotatable bonds is 6. The summed E-state index contributed by atoms with van der Waals surface area (Å²) in [7, 11) is 1.54. The van der Waals surface area contributed by atoms with E-state index < -0.39 is 17.6 Å². The number of piperidine rings is 1. The van der Waals surface area contributed by atoms with Crippen LogP contribution in [0.1, 0.15) is 29.8 Å². The smallest absolute Gasteiger partial charge is 0.453 e. The maximum Gasteiger partial charge on any atom is 0.453 e. The Balaban J connectivity index is 0.00000304. The van der Waals surface area contributed by atoms with Gasteiger partial charge in [0.25, 0.3) is 5.82 Å². The third kappa shape index (κ3) is 5.40. The molecular formula is C25H27ClF3N5O2. The lowest BCUT2D eigenvalue weighted by atomic mass is 9.90. The van der Waals surface area contributed by atoms with Crippen LogP contribution in [0.25, 0.3) is 11.3 Å². The predicted octanol–water partition coefficient (Wildman–Crippen LogP) is 4.60. The zero-order valence-electron chi connectivity index (χ0n) is 19.7. The van der Waals surface area contributed by atoms with Gasteiger partial charge < -0.3 is 9.47 Å². The fraction of sp³-hybridized carbons (Fsp3) is 0.400. The zero-order valence-corrected chi connectivity index (χ0v) is 20.6. The fourth-order valence-electron chi connectivity index (χ4n) is 4.89. The van der Waals surface area contributed by atoms with E-state index in [4.69, 9.17) is 9.47 Å². The van der Waals surface area contributed by atoms with Crippen LogP contribution in [0.4, 0.5) is 13.2 Å². The second-order valence-corrected chi connectivity index (χ2v) is 8.93. The van der Waals surface area contributed by atoms with Crippen molar-refractivity contribution in [3.63, 3.8) is 0 Å². The third-order valence-corrected chi connectivity index (χ3v) is 6.57. The van der Waals surface area contributed by atoms with Gasteiger partial charge in [-0.15, -0.1) is 17.5 Å². The lowest BCUT2D eigenvalue weighted by molar-refractivity contribution is -0.146. The molecule has 0 N–H and O–H groups in total. The van der Waals surface area contributed by atoms with Gasteiger partial charge in [-0.2, -0.15) is 17.9 Å². The lowest BCUT2D eigenvalue weighted by Crippen LogP contribution is -2.47. The predicted molar refractivity (Wildman–Crippen MR) is 130 cm³/mol. The van der Waals surface area contributed by atoms with Crippen molar-refractivity contribution in [3.8, 4) is 11.4 Å². The number of hydrogen-bond acceptors (Lipinski definition) is 6. The van der Waals surface area contributed by atoms with Crippen LogP contribution in [0.15, 0.2) is 54.6 Å². The molecule has 7 nitrogen and oxygen atoms in total. The summed E-state index contributed by atoms with van der Waals surface area (Å²) >= 11 is 0. The van der Waals surface area contributed by atoms with Crippen molar-refractivity contribution in [2.75, 3.05) is 33.4 Å². The Hall–Kier alpha value is -2.95. The summed E-state index contributed by atoms with van der Waals surface area (Å²) in [4.78, 5) is 2.42. The van der Waals surface area contributed by atoms with Crippen molar-refractivity contribution in [2.45, 2.75) is 31.0 Å². The Morgan fingerprint density at radius 3 is 2.69 bits per heavy atom. The average molecular weight is 522 g/mol. The monoisotopic (exact) mass is 521 g/mol. The molecule has 0 aliphatic carbocycles. The van der Waals surface area contributed by atoms with Gasteiger partial charge in [-0.25, -0.2) is 0 Å². The van der Waals surface area contributed by atoms with Gasteiger partial charge in [0, 0.05) is 18.7 Å². The zero-order chi connectivity index (χ0) is 24.5. The summed E-state index contributed by atoms with van der Waals surface area (Å²) in [5.41, 5.74) is 2.64. The van der Waals surface area contributed by atoms with E-state index in [-0.39, 0.29) is 18.1 Å². The molecule has 0 saturated carbocycles. The van der Waals surface area contributed by atoms with Crippen molar-refractivity contribution in [1.29, 1.82) is 0 Å². The minimum atomic E-state index is -4.67. The summed E-state index contributed by atoms with van der Waals surface area (Å²) in [6.07, 6.45) is 0.319. The Labute approximate surface area is 213 Å². The van der Waals surface area contributed by atoms with Crippen LogP contribution >= 0.6 is 12.4 Å². The molecule has 0 radical (unpaired) electrons. The normalized spacial score (nSPS) is 20.3. The number of ether oxygens (including phenoxy) is 2. The van der Waals surface area contributed by atoms with E-state index in [9.17, 15) is 13.2 Å². The van der Waals surface area contributed by atoms with Crippen LogP contribution in [0.3, 0.4) is 0 Å². The van der Waals surface area contributed by atoms with Gasteiger partial charge >= 0.3 is 6.18 Å². The van der Waals surface area contributed by atoms with E-state index in [1.807, 2.05) is 6.07 Å². The lowest BCUT2D eigenvalue weighted by Gasteiger charge is -2.38. The van der Waals surface area contributed by atoms with Gasteiger partial charge in [-0.05, 0) is 71.6 Å². The van der Waals surface area contributed by atoms with Crippen molar-refractivity contribution in [3.05, 3.63) is 71.6 Å². The number of halogens is 4. The van der Waals surface area contributed by atoms with Crippen molar-refractivity contribution in [1.82, 2.24) is 25.1 Å². The van der Waals surface area contributed by atoms with Crippen molar-refractivity contribution < 1.29 is 22.6 Å². The standard InChI is InChI=1S/C25H26F3N5O2.ClH/c1-34-22-9-8-20(33-23(25(26,27)28)29-30-31-33)14-21(22)19-15-24(35-16-19)11-5-12-32(17-24)13-10-18-6-3-2-4-7-18;/h2-4,6-9,14-15H,5,10-13,16-17H2,1H3;1H. The van der Waals surface area contributed by atoms with Gasteiger partial charge in [0.2, 0.25) is 0 Å². The maximum absolute atomic E-state index is 13.3. The molecule has 0 amide bonds. The Bertz CT molecular complexity index is 1220. The third-order valence-electron chi connectivity index (χ3n) is 6.57. The van der Waals surface area contributed by atoms with Crippen molar-refractivity contribution >= 4 is 18.0 Å². The summed E-state index contributed by atoms with van der Waals surface area (Å²) in [5, 5.41) is 9.92. The Morgan fingerprint density at radius 1 is 1.14 bits per heavy atom. The minimum absolute atomic E-state index is 0. The first-order valence-corrected chi connectivity index (χ1v) is 11.5. The molecule has 2 aliphatic heterocycles. The first-order chi connectivity index (χ1) is 16.9. The van der Waals surface area contributed by atoms with E-state index in [1.54, 1.807) is 12.1 Å². The molecule has 3 heterocycles. The Kier molecular flexibility index (Phi) is 7.67. The highest BCUT2D eigenvalue weighted by Crippen LogP contribution is 2.40. The molecule has 1 saturated heterocycles. The molecule has 1 fully saturated rings. The number of likely N-dealkylation sites (tertiary alicyclic amines) is 1. The molecule has 1 unspecified atom stereocenters. The summed E-state index contributed by atoms with van der Waals surface area (Å²) in [6.45, 7) is 3.08. The molecule has 1 aromatic heterocycles. The van der Waals surface area contributed by atoms with E-state index in [2.05, 4.69) is 50.8 Å². The number of tetrazole rings is 1. The molecule has 2 aromatic carbocycles. The van der Waals surface area contributed by atoms with Crippen molar-refractivity contribution in [2.24, 2.45) is 0 Å². The topological polar surface area (TPSA) is 65.3 Å². The van der Waals surface area contributed by atoms with Crippen LogP contribution in [0, 0.1) is 0 Å². The van der Waals surface area contributed by atoms with Gasteiger partial charge in [-0.3, -0.25) is 4.90 Å². The largest absolute Gasteiger partial charge is 0.496 e. The molecule has 192 valence electrons. The molecule has 0 bridgehead atoms. The summed E-state index contributed by atoms with van der Waals surface area (Å²) < 4.78 is 52.5. The highest BCUT2D eigenvalue weighted by molar-refractivity contribution is 5.85. The van der Waals surface area contributed by atoms with Gasteiger partial charge in [0.05, 0.1) is 19.4 Å². The van der Waals surface area contributed by atoms with Crippen LogP contribution in [-0.4, -0.2) is 64.1 Å². The first kappa shape index (κ1) is 26.1. The second-order valence-electron chi connectivity index (χ2n) is 8.93. The molecule has 36 heavy (non-hydrogen) atoms. The van der Waals surface area contributed by atoms with E-state index in [0.717, 1.165) is 44.5 Å². The quantitative estimate of drug-likeness (QED) is 0.472. The first-order valence-electron chi connectivity index (χ1n) is 11.5. The Morgan fingerprint density at radius 2 is 1.94 bits per heavy atom. The van der Waals surface area contributed by atoms with Crippen LogP contribution < -0.4 is 4.74 Å². The second kappa shape index (κ2) is 10.6. The number of nitrogens with zero attached hydrogens (tertiary/aromatic N) is 5. The van der Waals surface area contributed by atoms with Gasteiger partial charge in [0.15, 0.2) is 0 Å². The molecule has 3 aromatic rings. The molecule has 1 atom stereocenters. The van der Waals surface area contributed by atoms with Gasteiger partial charge in [-0.1, -0.05) is 30.3 Å². The van der Waals surface area contributed by atoms with Crippen LogP contribution in [0.5, 0.6) is 5.75 Å². The van der Waals surface area contributed by atoms with Crippen LogP contribution in [-0.2, 0) is 17.3 Å². The molecular weight excluding hydrogens is 495 g/mol. The maximum atomic E-state index is 13.3. The summed E-state index contributed by atoms with van der Waals surface area (Å²) in [6, 6.07) is 15.2. The number of hydrogen-bond donors (Lipinski definition) is 0. The molecule has 11 heteroatoms. The molecule has 1 spiro atoms. The minimum Gasteiger partial charge on any atom is -0.496 e. The highest BCUT2D eigenvalue weighted by Gasteiger charge is 2.40. The highest BCUT2D eigenvalue weighted by atomic mass is 35.5. The fourth-order valence-corrected chi connectivity index (χ4v) is 4.89. The van der Waals surface area contributed by atoms with Crippen LogP contribution in [0.2, 0.25) is 0 Å². The van der Waals surface area contributed by atoms with E-state index >= 15 is 0 Å². The number of methoxy groups -OCH3 is 1. The van der Waals surface area contributed by atoms with E-state index in [1.165, 1.54) is 18.7 Å². The average Bonchev–Trinajstić information content (AvgIpc) is 3.51. The number of aromatic nitrogens is 4. The molecule has 5 rings (SSSR count). The van der Waals surface area contributed by atoms with Gasteiger partial charge in [0.1, 0.15) is 11.4 Å². The SMILES string of the molecule is COc1ccc(-n2nnnc2C(F)(F)F)cc1C1=CC2(CCCN(CCc3ccccc3)C2)OC1.Cl. The number of benzene rings is 2.